The molecule has 0 saturated heterocycles. The van der Waals surface area contributed by atoms with Crippen LogP contribution in [0.1, 0.15) is 17.3 Å². The largest absolute Gasteiger partial charge is 0.323 e. The Kier molecular flexibility index (Phi) is 3.41. The molecule has 3 heteroatoms. The van der Waals surface area contributed by atoms with Gasteiger partial charge >= 0.3 is 0 Å². The van der Waals surface area contributed by atoms with Crippen molar-refractivity contribution in [3.05, 3.63) is 41.6 Å². The normalized spacial score (nSPS) is 13.2. The maximum absolute atomic E-state index is 6.15. The van der Waals surface area contributed by atoms with E-state index in [1.807, 2.05) is 33.2 Å². The Morgan fingerprint density at radius 2 is 2.00 bits per heavy atom. The van der Waals surface area contributed by atoms with E-state index in [1.165, 1.54) is 0 Å². The topological polar surface area (TPSA) is 42.1 Å². The SMILES string of the molecule is Cc1ccc2cc(C(N)CN(C)C)ccc2n1. The highest BCUT2D eigenvalue weighted by atomic mass is 15.1. The van der Waals surface area contributed by atoms with Crippen LogP contribution < -0.4 is 5.73 Å². The highest BCUT2D eigenvalue weighted by molar-refractivity contribution is 5.79. The maximum atomic E-state index is 6.15. The standard InChI is InChI=1S/C14H19N3/c1-10-4-5-12-8-11(6-7-14(12)16-10)13(15)9-17(2)3/h4-8,13H,9,15H2,1-3H3. The predicted octanol–water partition coefficient (Wildman–Crippen LogP) is 2.10. The minimum absolute atomic E-state index is 0.0516. The van der Waals surface area contributed by atoms with Gasteiger partial charge in [0.2, 0.25) is 0 Å². The molecular formula is C14H19N3. The van der Waals surface area contributed by atoms with Crippen molar-refractivity contribution < 1.29 is 0 Å². The minimum atomic E-state index is 0.0516. The molecule has 1 atom stereocenters. The van der Waals surface area contributed by atoms with Crippen molar-refractivity contribution in [2.24, 2.45) is 5.73 Å². The number of hydrogen-bond donors (Lipinski definition) is 1. The lowest BCUT2D eigenvalue weighted by molar-refractivity contribution is 0.377. The van der Waals surface area contributed by atoms with Gasteiger partial charge in [0, 0.05) is 23.7 Å². The number of nitrogens with zero attached hydrogens (tertiary/aromatic N) is 2. The van der Waals surface area contributed by atoms with Crippen molar-refractivity contribution in [1.29, 1.82) is 0 Å². The molecule has 0 fully saturated rings. The first kappa shape index (κ1) is 12.0. The molecule has 17 heavy (non-hydrogen) atoms. The van der Waals surface area contributed by atoms with Crippen molar-refractivity contribution >= 4 is 10.9 Å². The Bertz CT molecular complexity index is 520. The van der Waals surface area contributed by atoms with Crippen LogP contribution in [-0.4, -0.2) is 30.5 Å². The zero-order valence-corrected chi connectivity index (χ0v) is 10.6. The second-order valence-corrected chi connectivity index (χ2v) is 4.77. The second-order valence-electron chi connectivity index (χ2n) is 4.77. The van der Waals surface area contributed by atoms with E-state index in [0.29, 0.717) is 0 Å². The van der Waals surface area contributed by atoms with Gasteiger partial charge in [-0.15, -0.1) is 0 Å². The lowest BCUT2D eigenvalue weighted by atomic mass is 10.0. The van der Waals surface area contributed by atoms with Crippen LogP contribution in [0.5, 0.6) is 0 Å². The molecule has 2 aromatic rings. The number of nitrogens with two attached hydrogens (primary N) is 1. The Labute approximate surface area is 102 Å². The Balaban J connectivity index is 2.34. The quantitative estimate of drug-likeness (QED) is 0.876. The van der Waals surface area contributed by atoms with Gasteiger partial charge in [0.05, 0.1) is 5.52 Å². The zero-order chi connectivity index (χ0) is 12.4. The van der Waals surface area contributed by atoms with Crippen LogP contribution in [0.15, 0.2) is 30.3 Å². The third-order valence-electron chi connectivity index (χ3n) is 2.84. The number of aromatic nitrogens is 1. The van der Waals surface area contributed by atoms with Gasteiger partial charge in [-0.05, 0) is 44.8 Å². The predicted molar refractivity (Wildman–Crippen MR) is 72.0 cm³/mol. The maximum Gasteiger partial charge on any atom is 0.0705 e. The van der Waals surface area contributed by atoms with Crippen LogP contribution in [0.2, 0.25) is 0 Å². The van der Waals surface area contributed by atoms with Crippen LogP contribution in [0.3, 0.4) is 0 Å². The van der Waals surface area contributed by atoms with Gasteiger partial charge in [0.1, 0.15) is 0 Å². The molecule has 2 N–H and O–H groups in total. The molecule has 1 heterocycles. The van der Waals surface area contributed by atoms with E-state index in [9.17, 15) is 0 Å². The van der Waals surface area contributed by atoms with Crippen LogP contribution >= 0.6 is 0 Å². The van der Waals surface area contributed by atoms with Crippen molar-refractivity contribution in [3.8, 4) is 0 Å². The lowest BCUT2D eigenvalue weighted by Gasteiger charge is -2.17. The number of likely N-dealkylation sites (N-methyl/N-ethyl adjacent to an activating group) is 1. The van der Waals surface area contributed by atoms with Crippen LogP contribution in [0.4, 0.5) is 0 Å². The van der Waals surface area contributed by atoms with E-state index in [-0.39, 0.29) is 6.04 Å². The van der Waals surface area contributed by atoms with E-state index in [2.05, 4.69) is 28.1 Å². The molecule has 1 unspecified atom stereocenters. The van der Waals surface area contributed by atoms with Crippen molar-refractivity contribution in [3.63, 3.8) is 0 Å². The van der Waals surface area contributed by atoms with E-state index in [4.69, 9.17) is 5.73 Å². The molecule has 0 radical (unpaired) electrons. The van der Waals surface area contributed by atoms with Gasteiger partial charge in [-0.1, -0.05) is 12.1 Å². The number of benzene rings is 1. The second kappa shape index (κ2) is 4.82. The summed E-state index contributed by atoms with van der Waals surface area (Å²) in [6, 6.07) is 10.4. The summed E-state index contributed by atoms with van der Waals surface area (Å²) in [6.45, 7) is 2.86. The molecular weight excluding hydrogens is 210 g/mol. The Morgan fingerprint density at radius 3 is 2.71 bits per heavy atom. The third kappa shape index (κ3) is 2.81. The van der Waals surface area contributed by atoms with E-state index < -0.39 is 0 Å². The first-order valence-corrected chi connectivity index (χ1v) is 5.84. The summed E-state index contributed by atoms with van der Waals surface area (Å²) in [7, 11) is 4.07. The summed E-state index contributed by atoms with van der Waals surface area (Å²) in [6.07, 6.45) is 0. The van der Waals surface area contributed by atoms with Crippen molar-refractivity contribution in [2.45, 2.75) is 13.0 Å². The minimum Gasteiger partial charge on any atom is -0.323 e. The van der Waals surface area contributed by atoms with Crippen LogP contribution in [0, 0.1) is 6.92 Å². The van der Waals surface area contributed by atoms with Crippen molar-refractivity contribution in [2.75, 3.05) is 20.6 Å². The smallest absolute Gasteiger partial charge is 0.0705 e. The summed E-state index contributed by atoms with van der Waals surface area (Å²) in [5.74, 6) is 0. The third-order valence-corrected chi connectivity index (χ3v) is 2.84. The lowest BCUT2D eigenvalue weighted by Crippen LogP contribution is -2.25. The molecule has 0 aliphatic carbocycles. The van der Waals surface area contributed by atoms with Gasteiger partial charge in [-0.2, -0.15) is 0 Å². The summed E-state index contributed by atoms with van der Waals surface area (Å²) < 4.78 is 0. The summed E-state index contributed by atoms with van der Waals surface area (Å²) >= 11 is 0. The molecule has 0 spiro atoms. The fraction of sp³-hybridized carbons (Fsp3) is 0.357. The number of fused-ring (bicyclic) bond motifs is 1. The highest BCUT2D eigenvalue weighted by Crippen LogP contribution is 2.18. The average molecular weight is 229 g/mol. The number of hydrogen-bond acceptors (Lipinski definition) is 3. The summed E-state index contributed by atoms with van der Waals surface area (Å²) in [5.41, 5.74) is 9.40. The van der Waals surface area contributed by atoms with Gasteiger partial charge in [0.25, 0.3) is 0 Å². The molecule has 1 aromatic carbocycles. The molecule has 0 aliphatic heterocycles. The molecule has 0 amide bonds. The number of pyridine rings is 1. The van der Waals surface area contributed by atoms with Gasteiger partial charge in [-0.25, -0.2) is 0 Å². The molecule has 0 saturated carbocycles. The molecule has 0 aliphatic rings. The fourth-order valence-corrected chi connectivity index (χ4v) is 1.98. The van der Waals surface area contributed by atoms with Crippen molar-refractivity contribution in [1.82, 2.24) is 9.88 Å². The first-order chi connectivity index (χ1) is 8.06. The summed E-state index contributed by atoms with van der Waals surface area (Å²) in [4.78, 5) is 6.59. The Hall–Kier alpha value is -1.45. The monoisotopic (exact) mass is 229 g/mol. The van der Waals surface area contributed by atoms with Crippen LogP contribution in [0.25, 0.3) is 10.9 Å². The fourth-order valence-electron chi connectivity index (χ4n) is 1.98. The zero-order valence-electron chi connectivity index (χ0n) is 10.6. The molecule has 0 bridgehead atoms. The molecule has 90 valence electrons. The Morgan fingerprint density at radius 1 is 1.24 bits per heavy atom. The highest BCUT2D eigenvalue weighted by Gasteiger charge is 2.08. The van der Waals surface area contributed by atoms with E-state index in [0.717, 1.165) is 28.7 Å². The van der Waals surface area contributed by atoms with Gasteiger partial charge in [0.15, 0.2) is 0 Å². The van der Waals surface area contributed by atoms with Gasteiger partial charge in [-0.3, -0.25) is 4.98 Å². The molecule has 3 nitrogen and oxygen atoms in total. The molecule has 2 rings (SSSR count). The summed E-state index contributed by atoms with van der Waals surface area (Å²) in [5, 5.41) is 1.15. The number of aryl methyl sites for hydroxylation is 1. The number of rotatable bonds is 3. The molecule has 1 aromatic heterocycles. The van der Waals surface area contributed by atoms with Crippen LogP contribution in [-0.2, 0) is 0 Å². The van der Waals surface area contributed by atoms with E-state index in [1.54, 1.807) is 0 Å². The van der Waals surface area contributed by atoms with Gasteiger partial charge < -0.3 is 10.6 Å². The first-order valence-electron chi connectivity index (χ1n) is 5.84. The average Bonchev–Trinajstić information content (AvgIpc) is 2.27. The van der Waals surface area contributed by atoms with E-state index >= 15 is 0 Å².